The van der Waals surface area contributed by atoms with Crippen LogP contribution in [0.5, 0.6) is 0 Å². The van der Waals surface area contributed by atoms with E-state index in [1.165, 1.54) is 0 Å². The number of aliphatic carboxylic acids is 1. The van der Waals surface area contributed by atoms with Gasteiger partial charge in [0.1, 0.15) is 0 Å². The van der Waals surface area contributed by atoms with Crippen molar-refractivity contribution in [2.75, 3.05) is 7.05 Å². The number of rotatable bonds is 2. The van der Waals surface area contributed by atoms with Crippen LogP contribution in [-0.4, -0.2) is 24.2 Å². The Morgan fingerprint density at radius 2 is 1.80 bits per heavy atom. The number of hydrogen-bond acceptors (Lipinski definition) is 2. The molecule has 0 aromatic rings. The molecule has 0 rings (SSSR count). The van der Waals surface area contributed by atoms with E-state index in [4.69, 9.17) is 5.11 Å². The van der Waals surface area contributed by atoms with E-state index in [0.717, 1.165) is 0 Å². The van der Waals surface area contributed by atoms with Crippen molar-refractivity contribution in [2.45, 2.75) is 33.2 Å². The molecule has 10 heavy (non-hydrogen) atoms. The van der Waals surface area contributed by atoms with Crippen molar-refractivity contribution < 1.29 is 9.90 Å². The van der Waals surface area contributed by atoms with Crippen molar-refractivity contribution >= 4 is 5.97 Å². The van der Waals surface area contributed by atoms with Crippen LogP contribution in [-0.2, 0) is 4.79 Å². The zero-order chi connectivity index (χ0) is 8.57. The molecular formula is C7H17NO2. The molecule has 0 aromatic carbocycles. The molecule has 0 saturated carbocycles. The van der Waals surface area contributed by atoms with Crippen LogP contribution in [0.15, 0.2) is 0 Å². The quantitative estimate of drug-likeness (QED) is 0.614. The molecule has 3 heteroatoms. The monoisotopic (exact) mass is 147 g/mol. The van der Waals surface area contributed by atoms with E-state index in [1.807, 2.05) is 7.05 Å². The summed E-state index contributed by atoms with van der Waals surface area (Å²) in [4.78, 5) is 9.37. The fourth-order valence-electron chi connectivity index (χ4n) is 0. The van der Waals surface area contributed by atoms with Crippen LogP contribution < -0.4 is 5.32 Å². The van der Waals surface area contributed by atoms with Crippen molar-refractivity contribution in [1.29, 1.82) is 0 Å². The summed E-state index contributed by atoms with van der Waals surface area (Å²) in [6.07, 6.45) is 0.222. The van der Waals surface area contributed by atoms with Gasteiger partial charge in [0.25, 0.3) is 0 Å². The fourth-order valence-corrected chi connectivity index (χ4v) is 0. The Labute approximate surface area is 62.4 Å². The zero-order valence-electron chi connectivity index (χ0n) is 7.14. The van der Waals surface area contributed by atoms with E-state index >= 15 is 0 Å². The first-order valence-electron chi connectivity index (χ1n) is 3.43. The van der Waals surface area contributed by atoms with Crippen LogP contribution in [0, 0.1) is 0 Å². The summed E-state index contributed by atoms with van der Waals surface area (Å²) in [6, 6.07) is 0.634. The highest BCUT2D eigenvalue weighted by Crippen LogP contribution is 1.67. The van der Waals surface area contributed by atoms with Crippen LogP contribution >= 0.6 is 0 Å². The van der Waals surface area contributed by atoms with Crippen LogP contribution in [0.2, 0.25) is 0 Å². The first-order chi connectivity index (χ1) is 4.54. The maximum atomic E-state index is 9.37. The maximum Gasteiger partial charge on any atom is 0.303 e. The number of carboxylic acids is 1. The predicted molar refractivity (Wildman–Crippen MR) is 42.1 cm³/mol. The van der Waals surface area contributed by atoms with Gasteiger partial charge < -0.3 is 10.4 Å². The molecular weight excluding hydrogens is 130 g/mol. The Morgan fingerprint density at radius 3 is 1.80 bits per heavy atom. The standard InChI is InChI=1S/C4H11N.C3H6O2/c1-4(2)5-3;1-2-3(4)5/h4-5H,1-3H3;2H2,1H3,(H,4,5). The number of carbonyl (C=O) groups is 1. The van der Waals surface area contributed by atoms with Gasteiger partial charge in [-0.25, -0.2) is 0 Å². The van der Waals surface area contributed by atoms with Gasteiger partial charge in [-0.3, -0.25) is 4.79 Å². The first-order valence-corrected chi connectivity index (χ1v) is 3.43. The van der Waals surface area contributed by atoms with Gasteiger partial charge >= 0.3 is 5.97 Å². The number of nitrogens with one attached hydrogen (secondary N) is 1. The highest BCUT2D eigenvalue weighted by Gasteiger charge is 1.80. The van der Waals surface area contributed by atoms with E-state index < -0.39 is 5.97 Å². The highest BCUT2D eigenvalue weighted by molar-refractivity contribution is 5.66. The van der Waals surface area contributed by atoms with Crippen molar-refractivity contribution in [3.8, 4) is 0 Å². The summed E-state index contributed by atoms with van der Waals surface area (Å²) < 4.78 is 0. The van der Waals surface area contributed by atoms with Gasteiger partial charge in [0, 0.05) is 12.5 Å². The number of carboxylic acid groups (broad SMARTS) is 1. The number of hydrogen-bond donors (Lipinski definition) is 2. The predicted octanol–water partition coefficient (Wildman–Crippen LogP) is 1.10. The van der Waals surface area contributed by atoms with E-state index in [0.29, 0.717) is 6.04 Å². The third kappa shape index (κ3) is 26.1. The van der Waals surface area contributed by atoms with Crippen molar-refractivity contribution in [3.63, 3.8) is 0 Å². The summed E-state index contributed by atoms with van der Waals surface area (Å²) >= 11 is 0. The lowest BCUT2D eigenvalue weighted by atomic mass is 10.4. The van der Waals surface area contributed by atoms with Gasteiger partial charge in [0.15, 0.2) is 0 Å². The lowest BCUT2D eigenvalue weighted by molar-refractivity contribution is -0.136. The zero-order valence-corrected chi connectivity index (χ0v) is 7.14. The normalized spacial score (nSPS) is 8.50. The van der Waals surface area contributed by atoms with E-state index in [9.17, 15) is 4.79 Å². The molecule has 0 atom stereocenters. The summed E-state index contributed by atoms with van der Waals surface area (Å²) in [5.41, 5.74) is 0. The SMILES string of the molecule is CCC(=O)O.CNC(C)C. The van der Waals surface area contributed by atoms with E-state index in [2.05, 4.69) is 19.2 Å². The van der Waals surface area contributed by atoms with E-state index in [1.54, 1.807) is 6.92 Å². The highest BCUT2D eigenvalue weighted by atomic mass is 16.4. The third-order valence-corrected chi connectivity index (χ3v) is 0.880. The lowest BCUT2D eigenvalue weighted by Gasteiger charge is -1.95. The van der Waals surface area contributed by atoms with Crippen LogP contribution in [0.1, 0.15) is 27.2 Å². The largest absolute Gasteiger partial charge is 0.481 e. The minimum Gasteiger partial charge on any atom is -0.481 e. The van der Waals surface area contributed by atoms with Gasteiger partial charge in [-0.15, -0.1) is 0 Å². The first kappa shape index (κ1) is 12.1. The molecule has 0 aliphatic heterocycles. The molecule has 3 nitrogen and oxygen atoms in total. The molecule has 0 bridgehead atoms. The topological polar surface area (TPSA) is 49.3 Å². The van der Waals surface area contributed by atoms with Gasteiger partial charge in [0.05, 0.1) is 0 Å². The fraction of sp³-hybridized carbons (Fsp3) is 0.857. The van der Waals surface area contributed by atoms with Crippen LogP contribution in [0.25, 0.3) is 0 Å². The molecule has 2 N–H and O–H groups in total. The second-order valence-corrected chi connectivity index (χ2v) is 2.19. The van der Waals surface area contributed by atoms with Crippen molar-refractivity contribution in [2.24, 2.45) is 0 Å². The molecule has 0 amide bonds. The van der Waals surface area contributed by atoms with Gasteiger partial charge in [-0.2, -0.15) is 0 Å². The molecule has 0 aromatic heterocycles. The van der Waals surface area contributed by atoms with Crippen LogP contribution in [0.4, 0.5) is 0 Å². The molecule has 0 saturated heterocycles. The average molecular weight is 147 g/mol. The molecule has 0 fully saturated rings. The van der Waals surface area contributed by atoms with Crippen molar-refractivity contribution in [3.05, 3.63) is 0 Å². The minimum atomic E-state index is -0.745. The molecule has 0 heterocycles. The summed E-state index contributed by atoms with van der Waals surface area (Å²) in [5, 5.41) is 10.8. The maximum absolute atomic E-state index is 9.37. The molecule has 0 spiro atoms. The van der Waals surface area contributed by atoms with Gasteiger partial charge in [0.2, 0.25) is 0 Å². The lowest BCUT2D eigenvalue weighted by Crippen LogP contribution is -2.15. The Kier molecular flexibility index (Phi) is 10.2. The Bertz CT molecular complexity index is 81.7. The van der Waals surface area contributed by atoms with Gasteiger partial charge in [-0.05, 0) is 7.05 Å². The molecule has 0 radical (unpaired) electrons. The Balaban J connectivity index is 0. The second-order valence-electron chi connectivity index (χ2n) is 2.19. The molecule has 0 aliphatic carbocycles. The van der Waals surface area contributed by atoms with Crippen LogP contribution in [0.3, 0.4) is 0 Å². The summed E-state index contributed by atoms with van der Waals surface area (Å²) in [5.74, 6) is -0.745. The molecule has 0 unspecified atom stereocenters. The summed E-state index contributed by atoms with van der Waals surface area (Å²) in [6.45, 7) is 5.82. The van der Waals surface area contributed by atoms with E-state index in [-0.39, 0.29) is 6.42 Å². The second kappa shape index (κ2) is 8.43. The summed E-state index contributed by atoms with van der Waals surface area (Å²) in [7, 11) is 1.95. The van der Waals surface area contributed by atoms with Gasteiger partial charge in [-0.1, -0.05) is 20.8 Å². The average Bonchev–Trinajstić information content (AvgIpc) is 1.89. The minimum absolute atomic E-state index is 0.222. The Morgan fingerprint density at radius 1 is 1.60 bits per heavy atom. The smallest absolute Gasteiger partial charge is 0.303 e. The third-order valence-electron chi connectivity index (χ3n) is 0.880. The molecule has 62 valence electrons. The Hall–Kier alpha value is -0.570. The van der Waals surface area contributed by atoms with Crippen molar-refractivity contribution in [1.82, 2.24) is 5.32 Å². The molecule has 0 aliphatic rings.